The maximum Gasteiger partial charge on any atom is 0.387 e. The molecule has 178 valence electrons. The maximum atomic E-state index is 14.4. The third-order valence-corrected chi connectivity index (χ3v) is 5.78. The number of ether oxygens (including phenoxy) is 2. The number of amides is 2. The molecule has 33 heavy (non-hydrogen) atoms. The zero-order valence-electron chi connectivity index (χ0n) is 18.3. The van der Waals surface area contributed by atoms with Gasteiger partial charge in [-0.25, -0.2) is 4.39 Å². The summed E-state index contributed by atoms with van der Waals surface area (Å²) in [5.41, 5.74) is -0.734. The number of alkyl halides is 2. The summed E-state index contributed by atoms with van der Waals surface area (Å²) in [6.45, 7) is 1.70. The number of hydrogen-bond donors (Lipinski definition) is 2. The highest BCUT2D eigenvalue weighted by molar-refractivity contribution is 5.97. The third-order valence-electron chi connectivity index (χ3n) is 5.78. The molecule has 0 saturated carbocycles. The number of halogens is 4. The van der Waals surface area contributed by atoms with Gasteiger partial charge in [-0.05, 0) is 38.0 Å². The minimum atomic E-state index is -3.40. The van der Waals surface area contributed by atoms with E-state index in [0.717, 1.165) is 12.1 Å². The molecule has 1 aliphatic heterocycles. The van der Waals surface area contributed by atoms with E-state index in [1.165, 1.54) is 25.4 Å². The zero-order chi connectivity index (χ0) is 24.5. The second kappa shape index (κ2) is 9.34. The Morgan fingerprint density at radius 1 is 1.21 bits per heavy atom. The highest BCUT2D eigenvalue weighted by Crippen LogP contribution is 2.49. The first-order chi connectivity index (χ1) is 15.5. The van der Waals surface area contributed by atoms with Gasteiger partial charge in [-0.15, -0.1) is 0 Å². The topological polar surface area (TPSA) is 89.6 Å². The van der Waals surface area contributed by atoms with Crippen LogP contribution in [-0.2, 0) is 9.53 Å². The molecule has 2 amide bonds. The lowest BCUT2D eigenvalue weighted by atomic mass is 9.78. The van der Waals surface area contributed by atoms with Crippen LogP contribution in [0, 0.1) is 17.6 Å². The largest absolute Gasteiger partial charge is 0.431 e. The molecule has 11 heteroatoms. The van der Waals surface area contributed by atoms with Gasteiger partial charge < -0.3 is 20.1 Å². The molecule has 2 N–H and O–H groups in total. The summed E-state index contributed by atoms with van der Waals surface area (Å²) in [5.74, 6) is -6.45. The fourth-order valence-corrected chi connectivity index (χ4v) is 3.84. The number of carbonyl (C=O) groups is 2. The fourth-order valence-electron chi connectivity index (χ4n) is 3.84. The van der Waals surface area contributed by atoms with Crippen LogP contribution in [-0.4, -0.2) is 42.2 Å². The molecule has 1 fully saturated rings. The van der Waals surface area contributed by atoms with Crippen LogP contribution in [0.4, 0.5) is 23.2 Å². The molecule has 0 aliphatic carbocycles. The molecular formula is C22H23F4N3O4. The van der Waals surface area contributed by atoms with Crippen molar-refractivity contribution >= 4 is 17.5 Å². The summed E-state index contributed by atoms with van der Waals surface area (Å²) in [6, 6.07) is 4.69. The number of aromatic nitrogens is 1. The standard InChI is InChI=1S/C22H23F4N3O4/c1-10-15(12-5-6-13(23)16(24)17(12)32-21(25)26)18(33-22(10,2)3)20(31)29-11-7-8-28-14(9-11)19(30)27-4/h5-10,15,18,21H,1-4H3,(H,27,30)(H,28,29,31)/t10-,15-,18+/m0/s1. The third kappa shape index (κ3) is 4.92. The van der Waals surface area contributed by atoms with E-state index in [2.05, 4.69) is 20.4 Å². The number of nitrogens with one attached hydrogen (secondary N) is 2. The lowest BCUT2D eigenvalue weighted by Crippen LogP contribution is -2.33. The predicted molar refractivity (Wildman–Crippen MR) is 110 cm³/mol. The maximum absolute atomic E-state index is 14.4. The minimum absolute atomic E-state index is 0.0566. The van der Waals surface area contributed by atoms with Crippen LogP contribution in [0.25, 0.3) is 0 Å². The van der Waals surface area contributed by atoms with Crippen LogP contribution >= 0.6 is 0 Å². The second-order valence-corrected chi connectivity index (χ2v) is 8.11. The Balaban J connectivity index is 1.99. The highest BCUT2D eigenvalue weighted by atomic mass is 19.3. The lowest BCUT2D eigenvalue weighted by molar-refractivity contribution is -0.131. The average Bonchev–Trinajstić information content (AvgIpc) is 3.00. The molecule has 3 atom stereocenters. The van der Waals surface area contributed by atoms with Crippen LogP contribution < -0.4 is 15.4 Å². The van der Waals surface area contributed by atoms with E-state index in [1.54, 1.807) is 20.8 Å². The summed E-state index contributed by atoms with van der Waals surface area (Å²) in [7, 11) is 1.43. The molecule has 0 bridgehead atoms. The van der Waals surface area contributed by atoms with E-state index in [9.17, 15) is 27.2 Å². The Labute approximate surface area is 187 Å². The van der Waals surface area contributed by atoms with Crippen LogP contribution in [0.1, 0.15) is 42.7 Å². The first-order valence-electron chi connectivity index (χ1n) is 10.1. The van der Waals surface area contributed by atoms with Crippen LogP contribution in [0.15, 0.2) is 30.5 Å². The van der Waals surface area contributed by atoms with Crippen molar-refractivity contribution in [2.24, 2.45) is 5.92 Å². The van der Waals surface area contributed by atoms with Crippen molar-refractivity contribution in [3.63, 3.8) is 0 Å². The highest BCUT2D eigenvalue weighted by Gasteiger charge is 2.51. The molecule has 0 unspecified atom stereocenters. The Morgan fingerprint density at radius 3 is 2.55 bits per heavy atom. The number of carbonyl (C=O) groups excluding carboxylic acids is 2. The molecule has 1 aliphatic rings. The molecule has 2 heterocycles. The van der Waals surface area contributed by atoms with E-state index in [4.69, 9.17) is 4.74 Å². The molecule has 3 rings (SSSR count). The molecule has 1 saturated heterocycles. The van der Waals surface area contributed by atoms with E-state index < -0.39 is 59.4 Å². The number of rotatable bonds is 6. The second-order valence-electron chi connectivity index (χ2n) is 8.11. The van der Waals surface area contributed by atoms with Crippen LogP contribution in [0.5, 0.6) is 5.75 Å². The van der Waals surface area contributed by atoms with Crippen LogP contribution in [0.3, 0.4) is 0 Å². The Morgan fingerprint density at radius 2 is 1.91 bits per heavy atom. The smallest absolute Gasteiger partial charge is 0.387 e. The molecule has 1 aromatic heterocycles. The Hall–Kier alpha value is -3.21. The SMILES string of the molecule is CNC(=O)c1cc(NC(=O)[C@@H]2OC(C)(C)[C@@H](C)[C@H]2c2ccc(F)c(F)c2OC(F)F)ccn1. The van der Waals surface area contributed by atoms with Gasteiger partial charge in [0.1, 0.15) is 11.8 Å². The number of nitrogens with zero attached hydrogens (tertiary/aromatic N) is 1. The monoisotopic (exact) mass is 469 g/mol. The van der Waals surface area contributed by atoms with Gasteiger partial charge in [0.05, 0.1) is 5.60 Å². The van der Waals surface area contributed by atoms with Crippen molar-refractivity contribution in [3.05, 3.63) is 53.4 Å². The number of benzene rings is 1. The normalized spacial score (nSPS) is 21.7. The van der Waals surface area contributed by atoms with Crippen molar-refractivity contribution in [1.29, 1.82) is 0 Å². The van der Waals surface area contributed by atoms with E-state index >= 15 is 0 Å². The van der Waals surface area contributed by atoms with Crippen molar-refractivity contribution < 1.29 is 36.6 Å². The zero-order valence-corrected chi connectivity index (χ0v) is 18.3. The van der Waals surface area contributed by atoms with Crippen LogP contribution in [0.2, 0.25) is 0 Å². The van der Waals surface area contributed by atoms with Crippen molar-refractivity contribution in [2.45, 2.75) is 45.0 Å². The van der Waals surface area contributed by atoms with Gasteiger partial charge in [-0.3, -0.25) is 14.6 Å². The van der Waals surface area contributed by atoms with E-state index in [0.29, 0.717) is 0 Å². The summed E-state index contributed by atoms with van der Waals surface area (Å²) < 4.78 is 64.3. The molecule has 0 radical (unpaired) electrons. The minimum Gasteiger partial charge on any atom is -0.431 e. The van der Waals surface area contributed by atoms with Crippen molar-refractivity contribution in [2.75, 3.05) is 12.4 Å². The average molecular weight is 469 g/mol. The Kier molecular flexibility index (Phi) is 6.92. The summed E-state index contributed by atoms with van der Waals surface area (Å²) in [6.07, 6.45) is 0.0698. The molecular weight excluding hydrogens is 446 g/mol. The first kappa shape index (κ1) is 24.4. The van der Waals surface area contributed by atoms with E-state index in [-0.39, 0.29) is 16.9 Å². The quantitative estimate of drug-likeness (QED) is 0.628. The van der Waals surface area contributed by atoms with Gasteiger partial charge in [0, 0.05) is 30.4 Å². The molecule has 2 aromatic rings. The predicted octanol–water partition coefficient (Wildman–Crippen LogP) is 3.86. The number of anilines is 1. The van der Waals surface area contributed by atoms with Gasteiger partial charge in [0.2, 0.25) is 5.82 Å². The van der Waals surface area contributed by atoms with Gasteiger partial charge in [0.25, 0.3) is 11.8 Å². The molecule has 7 nitrogen and oxygen atoms in total. The van der Waals surface area contributed by atoms with E-state index in [1.807, 2.05) is 0 Å². The van der Waals surface area contributed by atoms with Gasteiger partial charge >= 0.3 is 6.61 Å². The summed E-state index contributed by atoms with van der Waals surface area (Å²) >= 11 is 0. The lowest BCUT2D eigenvalue weighted by Gasteiger charge is -2.26. The molecule has 0 spiro atoms. The van der Waals surface area contributed by atoms with Gasteiger partial charge in [0.15, 0.2) is 11.6 Å². The van der Waals surface area contributed by atoms with Crippen molar-refractivity contribution in [1.82, 2.24) is 10.3 Å². The fraction of sp³-hybridized carbons (Fsp3) is 0.409. The summed E-state index contributed by atoms with van der Waals surface area (Å²) in [4.78, 5) is 28.9. The van der Waals surface area contributed by atoms with Gasteiger partial charge in [-0.2, -0.15) is 13.2 Å². The number of hydrogen-bond acceptors (Lipinski definition) is 5. The van der Waals surface area contributed by atoms with Crippen molar-refractivity contribution in [3.8, 4) is 5.75 Å². The number of pyridine rings is 1. The summed E-state index contributed by atoms with van der Waals surface area (Å²) in [5, 5.41) is 5.02. The van der Waals surface area contributed by atoms with Gasteiger partial charge in [-0.1, -0.05) is 13.0 Å². The first-order valence-corrected chi connectivity index (χ1v) is 10.1. The molecule has 1 aromatic carbocycles. The Bertz CT molecular complexity index is 1060.